The number of aromatic nitrogens is 2. The van der Waals surface area contributed by atoms with Crippen LogP contribution in [0.1, 0.15) is 15.4 Å². The van der Waals surface area contributed by atoms with Gasteiger partial charge in [0.1, 0.15) is 0 Å². The van der Waals surface area contributed by atoms with Gasteiger partial charge in [-0.3, -0.25) is 9.78 Å². The minimum absolute atomic E-state index is 0.265. The van der Waals surface area contributed by atoms with Gasteiger partial charge in [0, 0.05) is 24.6 Å². The first kappa shape index (κ1) is 17.0. The Labute approximate surface area is 160 Å². The summed E-state index contributed by atoms with van der Waals surface area (Å²) in [5.74, 6) is -0.265. The van der Waals surface area contributed by atoms with Crippen LogP contribution in [0.2, 0.25) is 0 Å². The Kier molecular flexibility index (Phi) is 4.67. The maximum atomic E-state index is 12.5. The summed E-state index contributed by atoms with van der Waals surface area (Å²) in [4.78, 5) is 21.0. The molecule has 0 spiro atoms. The number of rotatable bonds is 5. The van der Waals surface area contributed by atoms with E-state index in [9.17, 15) is 4.79 Å². The van der Waals surface area contributed by atoms with Crippen molar-refractivity contribution < 1.29 is 4.79 Å². The third kappa shape index (κ3) is 3.88. The lowest BCUT2D eigenvalue weighted by Crippen LogP contribution is -2.12. The third-order valence-corrected chi connectivity index (χ3v) is 5.03. The van der Waals surface area contributed by atoms with Gasteiger partial charge in [0.05, 0.1) is 21.6 Å². The van der Waals surface area contributed by atoms with E-state index in [-0.39, 0.29) is 5.91 Å². The van der Waals surface area contributed by atoms with E-state index in [0.29, 0.717) is 22.9 Å². The molecule has 0 atom stereocenters. The van der Waals surface area contributed by atoms with Crippen molar-refractivity contribution in [2.45, 2.75) is 6.54 Å². The lowest BCUT2D eigenvalue weighted by atomic mass is 10.2. The summed E-state index contributed by atoms with van der Waals surface area (Å²) in [7, 11) is 0. The first-order valence-corrected chi connectivity index (χ1v) is 9.20. The van der Waals surface area contributed by atoms with E-state index in [0.717, 1.165) is 21.5 Å². The van der Waals surface area contributed by atoms with Gasteiger partial charge < -0.3 is 16.4 Å². The summed E-state index contributed by atoms with van der Waals surface area (Å²) in [6, 6.07) is 16.9. The lowest BCUT2D eigenvalue weighted by molar-refractivity contribution is 0.102. The summed E-state index contributed by atoms with van der Waals surface area (Å²) in [5, 5.41) is 6.57. The Morgan fingerprint density at radius 1 is 1.11 bits per heavy atom. The second-order valence-corrected chi connectivity index (χ2v) is 6.99. The van der Waals surface area contributed by atoms with E-state index in [2.05, 4.69) is 20.6 Å². The Balaban J connectivity index is 1.50. The van der Waals surface area contributed by atoms with Crippen LogP contribution in [0.25, 0.3) is 10.2 Å². The molecule has 0 fully saturated rings. The molecule has 0 aliphatic heterocycles. The van der Waals surface area contributed by atoms with E-state index in [1.807, 2.05) is 48.7 Å². The molecule has 0 saturated carbocycles. The molecule has 1 amide bonds. The quantitative estimate of drug-likeness (QED) is 0.456. The van der Waals surface area contributed by atoms with Crippen LogP contribution in [0.5, 0.6) is 0 Å². The first-order chi connectivity index (χ1) is 13.2. The fourth-order valence-electron chi connectivity index (χ4n) is 2.63. The number of benzene rings is 2. The Morgan fingerprint density at radius 2 is 2.00 bits per heavy atom. The van der Waals surface area contributed by atoms with Crippen molar-refractivity contribution in [3.8, 4) is 0 Å². The van der Waals surface area contributed by atoms with Crippen molar-refractivity contribution in [1.82, 2.24) is 9.97 Å². The molecular formula is C20H17N5OS. The van der Waals surface area contributed by atoms with E-state index in [4.69, 9.17) is 5.73 Å². The van der Waals surface area contributed by atoms with E-state index >= 15 is 0 Å². The van der Waals surface area contributed by atoms with Gasteiger partial charge in [-0.25, -0.2) is 4.98 Å². The normalized spacial score (nSPS) is 10.7. The zero-order valence-electron chi connectivity index (χ0n) is 14.3. The number of pyridine rings is 1. The Morgan fingerprint density at radius 3 is 2.81 bits per heavy atom. The minimum atomic E-state index is -0.265. The molecule has 0 bridgehead atoms. The fraction of sp³-hybridized carbons (Fsp3) is 0.0500. The van der Waals surface area contributed by atoms with Crippen LogP contribution in [-0.2, 0) is 6.54 Å². The summed E-state index contributed by atoms with van der Waals surface area (Å²) < 4.78 is 0.942. The Bertz CT molecular complexity index is 1090. The standard InChI is InChI=1S/C20H17N5OS/c21-15-5-1-2-6-16(15)24-19(26)20-25-17-8-7-14(10-18(17)27-20)23-12-13-4-3-9-22-11-13/h1-11,23H,12,21H2,(H,24,26). The summed E-state index contributed by atoms with van der Waals surface area (Å²) in [5.41, 5.74) is 9.84. The molecule has 4 N–H and O–H groups in total. The number of nitrogens with zero attached hydrogens (tertiary/aromatic N) is 2. The zero-order chi connectivity index (χ0) is 18.6. The molecule has 0 unspecified atom stereocenters. The average Bonchev–Trinajstić information content (AvgIpc) is 3.12. The molecule has 0 saturated heterocycles. The molecule has 6 nitrogen and oxygen atoms in total. The van der Waals surface area contributed by atoms with Crippen molar-refractivity contribution in [3.63, 3.8) is 0 Å². The Hall–Kier alpha value is -3.45. The predicted molar refractivity (Wildman–Crippen MR) is 110 cm³/mol. The highest BCUT2D eigenvalue weighted by Crippen LogP contribution is 2.27. The van der Waals surface area contributed by atoms with Crippen molar-refractivity contribution >= 4 is 44.5 Å². The predicted octanol–water partition coefficient (Wildman–Crippen LogP) is 4.14. The van der Waals surface area contributed by atoms with Gasteiger partial charge in [-0.2, -0.15) is 0 Å². The summed E-state index contributed by atoms with van der Waals surface area (Å²) >= 11 is 1.35. The zero-order valence-corrected chi connectivity index (χ0v) is 15.2. The molecule has 2 aromatic heterocycles. The van der Waals surface area contributed by atoms with Gasteiger partial charge in [0.25, 0.3) is 5.91 Å². The topological polar surface area (TPSA) is 92.9 Å². The average molecular weight is 375 g/mol. The number of hydrogen-bond donors (Lipinski definition) is 3. The van der Waals surface area contributed by atoms with Gasteiger partial charge in [-0.1, -0.05) is 18.2 Å². The monoisotopic (exact) mass is 375 g/mol. The second kappa shape index (κ2) is 7.43. The van der Waals surface area contributed by atoms with Gasteiger partial charge in [-0.05, 0) is 42.0 Å². The molecule has 134 valence electrons. The molecule has 2 heterocycles. The SMILES string of the molecule is Nc1ccccc1NC(=O)c1nc2ccc(NCc3cccnc3)cc2s1. The maximum absolute atomic E-state index is 12.5. The van der Waals surface area contributed by atoms with Gasteiger partial charge in [0.2, 0.25) is 0 Å². The molecule has 0 aliphatic carbocycles. The van der Waals surface area contributed by atoms with Gasteiger partial charge in [-0.15, -0.1) is 11.3 Å². The second-order valence-electron chi connectivity index (χ2n) is 5.96. The van der Waals surface area contributed by atoms with E-state index in [1.54, 1.807) is 18.3 Å². The minimum Gasteiger partial charge on any atom is -0.397 e. The highest BCUT2D eigenvalue weighted by molar-refractivity contribution is 7.20. The molecule has 0 radical (unpaired) electrons. The highest BCUT2D eigenvalue weighted by Gasteiger charge is 2.14. The molecule has 27 heavy (non-hydrogen) atoms. The number of carbonyl (C=O) groups excluding carboxylic acids is 1. The lowest BCUT2D eigenvalue weighted by Gasteiger charge is -2.05. The number of nitrogens with one attached hydrogen (secondary N) is 2. The van der Waals surface area contributed by atoms with Crippen molar-refractivity contribution in [2.24, 2.45) is 0 Å². The number of fused-ring (bicyclic) bond motifs is 1. The van der Waals surface area contributed by atoms with Crippen LogP contribution in [0.3, 0.4) is 0 Å². The molecule has 4 aromatic rings. The van der Waals surface area contributed by atoms with Gasteiger partial charge >= 0.3 is 0 Å². The first-order valence-electron chi connectivity index (χ1n) is 8.38. The molecule has 0 aliphatic rings. The number of hydrogen-bond acceptors (Lipinski definition) is 6. The molecule has 4 rings (SSSR count). The van der Waals surface area contributed by atoms with E-state index < -0.39 is 0 Å². The van der Waals surface area contributed by atoms with Crippen LogP contribution in [0.15, 0.2) is 67.0 Å². The third-order valence-electron chi connectivity index (χ3n) is 4.01. The molecule has 7 heteroatoms. The number of para-hydroxylation sites is 2. The number of amides is 1. The van der Waals surface area contributed by atoms with Crippen LogP contribution < -0.4 is 16.4 Å². The fourth-order valence-corrected chi connectivity index (χ4v) is 3.53. The number of thiazole rings is 1. The van der Waals surface area contributed by atoms with Crippen LogP contribution >= 0.6 is 11.3 Å². The highest BCUT2D eigenvalue weighted by atomic mass is 32.1. The van der Waals surface area contributed by atoms with Crippen molar-refractivity contribution in [3.05, 3.63) is 77.6 Å². The van der Waals surface area contributed by atoms with Crippen LogP contribution in [0, 0.1) is 0 Å². The van der Waals surface area contributed by atoms with Crippen molar-refractivity contribution in [2.75, 3.05) is 16.4 Å². The van der Waals surface area contributed by atoms with Gasteiger partial charge in [0.15, 0.2) is 5.01 Å². The number of anilines is 3. The largest absolute Gasteiger partial charge is 0.397 e. The van der Waals surface area contributed by atoms with E-state index in [1.165, 1.54) is 11.3 Å². The maximum Gasteiger partial charge on any atom is 0.284 e. The summed E-state index contributed by atoms with van der Waals surface area (Å²) in [6.07, 6.45) is 3.58. The van der Waals surface area contributed by atoms with Crippen molar-refractivity contribution in [1.29, 1.82) is 0 Å². The smallest absolute Gasteiger partial charge is 0.284 e. The van der Waals surface area contributed by atoms with Crippen LogP contribution in [0.4, 0.5) is 17.1 Å². The number of nitrogens with two attached hydrogens (primary N) is 1. The molecular weight excluding hydrogens is 358 g/mol. The summed E-state index contributed by atoms with van der Waals surface area (Å²) in [6.45, 7) is 0.679. The van der Waals surface area contributed by atoms with Crippen LogP contribution in [-0.4, -0.2) is 15.9 Å². The number of nitrogen functional groups attached to an aromatic ring is 1. The molecule has 2 aromatic carbocycles. The number of carbonyl (C=O) groups is 1.